The van der Waals surface area contributed by atoms with Gasteiger partial charge in [0.25, 0.3) is 5.91 Å². The van der Waals surface area contributed by atoms with Crippen LogP contribution in [-0.4, -0.2) is 59.4 Å². The van der Waals surface area contributed by atoms with Crippen molar-refractivity contribution in [3.8, 4) is 0 Å². The molecule has 2 saturated heterocycles. The number of carbonyl (C=O) groups is 1. The standard InChI is InChI=1S/C19H23FN2O2S/c1-13-15-3-2-4-16(20)18(15)24-17(13)19(23)22-7-5-14(6-8-22)21-9-11-25-12-10-21/h2-4,14H,5-12H2,1H3. The zero-order chi connectivity index (χ0) is 17.4. The van der Waals surface area contributed by atoms with E-state index in [1.165, 1.54) is 17.6 Å². The monoisotopic (exact) mass is 362 g/mol. The Kier molecular flexibility index (Phi) is 4.73. The van der Waals surface area contributed by atoms with Gasteiger partial charge in [-0.1, -0.05) is 12.1 Å². The van der Waals surface area contributed by atoms with E-state index in [9.17, 15) is 9.18 Å². The number of amides is 1. The fourth-order valence-corrected chi connectivity index (χ4v) is 4.86. The maximum atomic E-state index is 13.9. The van der Waals surface area contributed by atoms with Crippen molar-refractivity contribution in [2.45, 2.75) is 25.8 Å². The van der Waals surface area contributed by atoms with Gasteiger partial charge < -0.3 is 9.32 Å². The highest BCUT2D eigenvalue weighted by Gasteiger charge is 2.30. The highest BCUT2D eigenvalue weighted by molar-refractivity contribution is 7.99. The molecule has 0 saturated carbocycles. The Bertz CT molecular complexity index is 777. The molecule has 4 nitrogen and oxygen atoms in total. The summed E-state index contributed by atoms with van der Waals surface area (Å²) >= 11 is 2.02. The Balaban J connectivity index is 1.47. The van der Waals surface area contributed by atoms with Crippen LogP contribution in [-0.2, 0) is 0 Å². The number of thioether (sulfide) groups is 1. The van der Waals surface area contributed by atoms with Crippen molar-refractivity contribution in [1.82, 2.24) is 9.80 Å². The number of hydrogen-bond acceptors (Lipinski definition) is 4. The first-order chi connectivity index (χ1) is 12.1. The van der Waals surface area contributed by atoms with Crippen LogP contribution in [0.1, 0.15) is 29.0 Å². The zero-order valence-corrected chi connectivity index (χ0v) is 15.3. The molecular formula is C19H23FN2O2S. The summed E-state index contributed by atoms with van der Waals surface area (Å²) in [5.74, 6) is 2.18. The summed E-state index contributed by atoms with van der Waals surface area (Å²) in [4.78, 5) is 17.3. The third-order valence-electron chi connectivity index (χ3n) is 5.42. The van der Waals surface area contributed by atoms with E-state index in [1.54, 1.807) is 12.1 Å². The van der Waals surface area contributed by atoms with Crippen LogP contribution in [0.4, 0.5) is 4.39 Å². The molecule has 6 heteroatoms. The number of carbonyl (C=O) groups excluding carboxylic acids is 1. The fraction of sp³-hybridized carbons (Fsp3) is 0.526. The summed E-state index contributed by atoms with van der Waals surface area (Å²) in [5, 5.41) is 0.684. The molecular weight excluding hydrogens is 339 g/mol. The van der Waals surface area contributed by atoms with E-state index in [2.05, 4.69) is 4.90 Å². The summed E-state index contributed by atoms with van der Waals surface area (Å²) in [6.07, 6.45) is 2.01. The molecule has 2 aliphatic heterocycles. The quantitative estimate of drug-likeness (QED) is 0.819. The molecule has 0 aliphatic carbocycles. The number of furan rings is 1. The van der Waals surface area contributed by atoms with Crippen LogP contribution >= 0.6 is 11.8 Å². The van der Waals surface area contributed by atoms with Crippen LogP contribution in [0.15, 0.2) is 22.6 Å². The number of likely N-dealkylation sites (tertiary alicyclic amines) is 1. The van der Waals surface area contributed by atoms with Gasteiger partial charge >= 0.3 is 0 Å². The molecule has 0 atom stereocenters. The van der Waals surface area contributed by atoms with Gasteiger partial charge in [0.2, 0.25) is 0 Å². The molecule has 134 valence electrons. The highest BCUT2D eigenvalue weighted by atomic mass is 32.2. The maximum absolute atomic E-state index is 13.9. The van der Waals surface area contributed by atoms with Crippen molar-refractivity contribution in [2.24, 2.45) is 0 Å². The molecule has 2 aliphatic rings. The summed E-state index contributed by atoms with van der Waals surface area (Å²) in [6.45, 7) is 5.63. The predicted octanol–water partition coefficient (Wildman–Crippen LogP) is 3.53. The molecule has 1 amide bonds. The van der Waals surface area contributed by atoms with E-state index in [0.29, 0.717) is 11.4 Å². The van der Waals surface area contributed by atoms with Crippen molar-refractivity contribution in [1.29, 1.82) is 0 Å². The number of fused-ring (bicyclic) bond motifs is 1. The Morgan fingerprint density at radius 2 is 1.92 bits per heavy atom. The first kappa shape index (κ1) is 16.9. The summed E-state index contributed by atoms with van der Waals surface area (Å²) in [6, 6.07) is 5.40. The molecule has 0 N–H and O–H groups in total. The molecule has 25 heavy (non-hydrogen) atoms. The lowest BCUT2D eigenvalue weighted by Gasteiger charge is -2.39. The summed E-state index contributed by atoms with van der Waals surface area (Å²) in [7, 11) is 0. The first-order valence-electron chi connectivity index (χ1n) is 8.94. The van der Waals surface area contributed by atoms with E-state index in [1.807, 2.05) is 23.6 Å². The van der Waals surface area contributed by atoms with Gasteiger partial charge in [0, 0.05) is 54.7 Å². The molecule has 0 unspecified atom stereocenters. The normalized spacial score (nSPS) is 20.3. The molecule has 1 aromatic carbocycles. The minimum Gasteiger partial charge on any atom is -0.448 e. The average Bonchev–Trinajstić information content (AvgIpc) is 3.00. The summed E-state index contributed by atoms with van der Waals surface area (Å²) in [5.41, 5.74) is 0.915. The number of halogens is 1. The summed E-state index contributed by atoms with van der Waals surface area (Å²) < 4.78 is 19.5. The lowest BCUT2D eigenvalue weighted by atomic mass is 10.0. The second-order valence-corrected chi connectivity index (χ2v) is 8.07. The number of aryl methyl sites for hydroxylation is 1. The third-order valence-corrected chi connectivity index (χ3v) is 6.37. The largest absolute Gasteiger partial charge is 0.448 e. The van der Waals surface area contributed by atoms with Gasteiger partial charge in [0.05, 0.1) is 0 Å². The smallest absolute Gasteiger partial charge is 0.289 e. The van der Waals surface area contributed by atoms with Crippen LogP contribution in [0.5, 0.6) is 0 Å². The Morgan fingerprint density at radius 1 is 1.20 bits per heavy atom. The van der Waals surface area contributed by atoms with Gasteiger partial charge in [-0.05, 0) is 25.8 Å². The van der Waals surface area contributed by atoms with Crippen molar-refractivity contribution in [3.63, 3.8) is 0 Å². The molecule has 2 fully saturated rings. The number of nitrogens with zero attached hydrogens (tertiary/aromatic N) is 2. The SMILES string of the molecule is Cc1c(C(=O)N2CCC(N3CCSCC3)CC2)oc2c(F)cccc12. The Hall–Kier alpha value is -1.53. The van der Waals surface area contributed by atoms with E-state index < -0.39 is 5.82 Å². The number of rotatable bonds is 2. The lowest BCUT2D eigenvalue weighted by Crippen LogP contribution is -2.49. The lowest BCUT2D eigenvalue weighted by molar-refractivity contribution is 0.0602. The molecule has 3 heterocycles. The fourth-order valence-electron chi connectivity index (χ4n) is 3.93. The molecule has 0 spiro atoms. The van der Waals surface area contributed by atoms with E-state index >= 15 is 0 Å². The van der Waals surface area contributed by atoms with Crippen LogP contribution in [0, 0.1) is 12.7 Å². The minimum atomic E-state index is -0.415. The van der Waals surface area contributed by atoms with Crippen LogP contribution in [0.3, 0.4) is 0 Å². The highest BCUT2D eigenvalue weighted by Crippen LogP contribution is 2.29. The van der Waals surface area contributed by atoms with Crippen LogP contribution in [0.2, 0.25) is 0 Å². The molecule has 4 rings (SSSR count). The van der Waals surface area contributed by atoms with Crippen molar-refractivity contribution in [2.75, 3.05) is 37.7 Å². The van der Waals surface area contributed by atoms with Crippen molar-refractivity contribution < 1.29 is 13.6 Å². The van der Waals surface area contributed by atoms with Crippen molar-refractivity contribution in [3.05, 3.63) is 35.3 Å². The van der Waals surface area contributed by atoms with Gasteiger partial charge in [-0.15, -0.1) is 0 Å². The topological polar surface area (TPSA) is 36.7 Å². The van der Waals surface area contributed by atoms with Crippen LogP contribution < -0.4 is 0 Å². The second-order valence-electron chi connectivity index (χ2n) is 6.84. The molecule has 2 aromatic rings. The van der Waals surface area contributed by atoms with E-state index in [0.717, 1.165) is 44.6 Å². The molecule has 0 radical (unpaired) electrons. The Morgan fingerprint density at radius 3 is 2.60 bits per heavy atom. The molecule has 1 aromatic heterocycles. The number of piperidine rings is 1. The second kappa shape index (κ2) is 7.00. The average molecular weight is 362 g/mol. The number of benzene rings is 1. The third kappa shape index (κ3) is 3.17. The minimum absolute atomic E-state index is 0.110. The predicted molar refractivity (Wildman–Crippen MR) is 98.7 cm³/mol. The Labute approximate surface area is 151 Å². The van der Waals surface area contributed by atoms with Gasteiger partial charge in [-0.3, -0.25) is 9.69 Å². The first-order valence-corrected chi connectivity index (χ1v) is 10.1. The van der Waals surface area contributed by atoms with Gasteiger partial charge in [0.1, 0.15) is 0 Å². The maximum Gasteiger partial charge on any atom is 0.289 e. The van der Waals surface area contributed by atoms with Crippen LogP contribution in [0.25, 0.3) is 11.0 Å². The van der Waals surface area contributed by atoms with Gasteiger partial charge in [0.15, 0.2) is 17.2 Å². The molecule has 0 bridgehead atoms. The van der Waals surface area contributed by atoms with E-state index in [4.69, 9.17) is 4.42 Å². The number of para-hydroxylation sites is 1. The zero-order valence-electron chi connectivity index (χ0n) is 14.5. The van der Waals surface area contributed by atoms with Crippen molar-refractivity contribution >= 4 is 28.6 Å². The van der Waals surface area contributed by atoms with Gasteiger partial charge in [-0.25, -0.2) is 4.39 Å². The van der Waals surface area contributed by atoms with E-state index in [-0.39, 0.29) is 17.3 Å². The van der Waals surface area contributed by atoms with Gasteiger partial charge in [-0.2, -0.15) is 11.8 Å². The number of hydrogen-bond donors (Lipinski definition) is 0.